The van der Waals surface area contributed by atoms with Gasteiger partial charge >= 0.3 is 11.9 Å². The van der Waals surface area contributed by atoms with E-state index in [9.17, 15) is 19.2 Å². The molecule has 134 valence electrons. The van der Waals surface area contributed by atoms with E-state index in [2.05, 4.69) is 15.4 Å². The summed E-state index contributed by atoms with van der Waals surface area (Å²) in [7, 11) is 1.18. The number of ether oxygens (including phenoxy) is 2. The molecule has 8 nitrogen and oxygen atoms in total. The Morgan fingerprint density at radius 2 is 1.71 bits per heavy atom. The molecule has 0 aromatic rings. The van der Waals surface area contributed by atoms with Gasteiger partial charge in [-0.15, -0.1) is 0 Å². The Bertz CT molecular complexity index is 497. The monoisotopic (exact) mass is 340 g/mol. The number of esters is 2. The normalized spacial score (nSPS) is 16.2. The van der Waals surface area contributed by atoms with Crippen LogP contribution in [0, 0.1) is 5.92 Å². The highest BCUT2D eigenvalue weighted by atomic mass is 16.5. The van der Waals surface area contributed by atoms with Gasteiger partial charge in [0.2, 0.25) is 11.8 Å². The molecular weight excluding hydrogens is 316 g/mol. The second-order valence-corrected chi connectivity index (χ2v) is 5.57. The summed E-state index contributed by atoms with van der Waals surface area (Å²) in [6.45, 7) is 1.21. The van der Waals surface area contributed by atoms with Crippen molar-refractivity contribution in [1.29, 1.82) is 0 Å². The Kier molecular flexibility index (Phi) is 8.53. The molecule has 0 saturated heterocycles. The first-order valence-corrected chi connectivity index (χ1v) is 7.95. The first-order valence-electron chi connectivity index (χ1n) is 7.95. The summed E-state index contributed by atoms with van der Waals surface area (Å²) >= 11 is 0. The van der Waals surface area contributed by atoms with Crippen molar-refractivity contribution in [1.82, 2.24) is 10.6 Å². The van der Waals surface area contributed by atoms with Gasteiger partial charge in [-0.05, 0) is 19.8 Å². The van der Waals surface area contributed by atoms with Crippen molar-refractivity contribution in [2.24, 2.45) is 5.92 Å². The van der Waals surface area contributed by atoms with E-state index in [1.807, 2.05) is 0 Å². The summed E-state index contributed by atoms with van der Waals surface area (Å²) in [4.78, 5) is 45.9. The fourth-order valence-corrected chi connectivity index (χ4v) is 2.35. The maximum Gasteiger partial charge on any atom is 0.332 e. The third kappa shape index (κ3) is 7.26. The Morgan fingerprint density at radius 3 is 2.33 bits per heavy atom. The van der Waals surface area contributed by atoms with Gasteiger partial charge in [-0.1, -0.05) is 19.3 Å². The first-order chi connectivity index (χ1) is 11.4. The summed E-state index contributed by atoms with van der Waals surface area (Å²) < 4.78 is 9.02. The van der Waals surface area contributed by atoms with Gasteiger partial charge in [-0.2, -0.15) is 0 Å². The number of hydrogen-bond acceptors (Lipinski definition) is 6. The molecule has 0 aromatic heterocycles. The minimum absolute atomic E-state index is 0.0321. The Morgan fingerprint density at radius 1 is 1.08 bits per heavy atom. The highest BCUT2D eigenvalue weighted by molar-refractivity contribution is 5.92. The number of rotatable bonds is 7. The van der Waals surface area contributed by atoms with Crippen LogP contribution in [-0.2, 0) is 28.7 Å². The maximum atomic E-state index is 12.0. The zero-order chi connectivity index (χ0) is 17.9. The van der Waals surface area contributed by atoms with Gasteiger partial charge in [-0.3, -0.25) is 9.59 Å². The molecule has 0 radical (unpaired) electrons. The molecule has 1 aliphatic rings. The van der Waals surface area contributed by atoms with Crippen molar-refractivity contribution in [2.45, 2.75) is 45.1 Å². The van der Waals surface area contributed by atoms with Crippen molar-refractivity contribution in [3.8, 4) is 0 Å². The number of amides is 2. The molecule has 1 aliphatic carbocycles. The van der Waals surface area contributed by atoms with Crippen molar-refractivity contribution in [3.05, 3.63) is 12.2 Å². The molecule has 0 aromatic carbocycles. The number of hydrogen-bond donors (Lipinski definition) is 2. The van der Waals surface area contributed by atoms with E-state index in [-0.39, 0.29) is 18.6 Å². The Hall–Kier alpha value is -2.38. The van der Waals surface area contributed by atoms with Crippen LogP contribution in [0.15, 0.2) is 12.2 Å². The van der Waals surface area contributed by atoms with E-state index in [0.29, 0.717) is 0 Å². The SMILES string of the molecule is COC(=O)/C=C/C(=O)OCNC(=O)[C@H](C)NC(=O)C1CCCCC1. The molecule has 1 saturated carbocycles. The van der Waals surface area contributed by atoms with E-state index in [4.69, 9.17) is 4.74 Å². The zero-order valence-electron chi connectivity index (χ0n) is 14.0. The lowest BCUT2D eigenvalue weighted by Crippen LogP contribution is -2.47. The number of methoxy groups -OCH3 is 1. The topological polar surface area (TPSA) is 111 Å². The van der Waals surface area contributed by atoms with Crippen molar-refractivity contribution in [2.75, 3.05) is 13.8 Å². The molecule has 0 spiro atoms. The molecular formula is C16H24N2O6. The zero-order valence-corrected chi connectivity index (χ0v) is 14.0. The molecule has 1 fully saturated rings. The second kappa shape index (κ2) is 10.4. The molecule has 8 heteroatoms. The lowest BCUT2D eigenvalue weighted by molar-refractivity contribution is -0.141. The highest BCUT2D eigenvalue weighted by Crippen LogP contribution is 2.23. The fourth-order valence-electron chi connectivity index (χ4n) is 2.35. The van der Waals surface area contributed by atoms with Gasteiger partial charge in [0, 0.05) is 18.1 Å². The molecule has 0 bridgehead atoms. The van der Waals surface area contributed by atoms with Crippen molar-refractivity contribution >= 4 is 23.8 Å². The molecule has 0 heterocycles. The van der Waals surface area contributed by atoms with Crippen LogP contribution in [0.3, 0.4) is 0 Å². The standard InChI is InChI=1S/C16H24N2O6/c1-11(18-16(22)12-6-4-3-5-7-12)15(21)17-10-24-14(20)9-8-13(19)23-2/h8-9,11-12H,3-7,10H2,1-2H3,(H,17,21)(H,18,22)/b9-8+/t11-/m0/s1. The van der Waals surface area contributed by atoms with Crippen LogP contribution in [0.4, 0.5) is 0 Å². The summed E-state index contributed by atoms with van der Waals surface area (Å²) in [5.41, 5.74) is 0. The van der Waals surface area contributed by atoms with Crippen LogP contribution in [0.25, 0.3) is 0 Å². The molecule has 2 N–H and O–H groups in total. The van der Waals surface area contributed by atoms with Crippen LogP contribution < -0.4 is 10.6 Å². The number of carbonyl (C=O) groups excluding carboxylic acids is 4. The van der Waals surface area contributed by atoms with Crippen LogP contribution in [0.2, 0.25) is 0 Å². The Labute approximate surface area is 140 Å². The molecule has 1 atom stereocenters. The van der Waals surface area contributed by atoms with Gasteiger partial charge in [0.15, 0.2) is 6.73 Å². The van der Waals surface area contributed by atoms with E-state index in [1.165, 1.54) is 7.11 Å². The average Bonchev–Trinajstić information content (AvgIpc) is 2.60. The second-order valence-electron chi connectivity index (χ2n) is 5.57. The van der Waals surface area contributed by atoms with E-state index >= 15 is 0 Å². The first kappa shape index (κ1) is 19.7. The molecule has 2 amide bonds. The van der Waals surface area contributed by atoms with Gasteiger partial charge in [-0.25, -0.2) is 9.59 Å². The van der Waals surface area contributed by atoms with E-state index < -0.39 is 23.9 Å². The predicted molar refractivity (Wildman–Crippen MR) is 84.4 cm³/mol. The molecule has 0 unspecified atom stereocenters. The summed E-state index contributed by atoms with van der Waals surface area (Å²) in [5.74, 6) is -2.08. The number of nitrogens with one attached hydrogen (secondary N) is 2. The van der Waals surface area contributed by atoms with Crippen LogP contribution >= 0.6 is 0 Å². The van der Waals surface area contributed by atoms with Crippen LogP contribution in [0.1, 0.15) is 39.0 Å². The van der Waals surface area contributed by atoms with Crippen LogP contribution in [0.5, 0.6) is 0 Å². The summed E-state index contributed by atoms with van der Waals surface area (Å²) in [6, 6.07) is -0.719. The van der Waals surface area contributed by atoms with Crippen LogP contribution in [-0.4, -0.2) is 43.6 Å². The van der Waals surface area contributed by atoms with E-state index in [0.717, 1.165) is 44.3 Å². The third-order valence-corrected chi connectivity index (χ3v) is 3.75. The lowest BCUT2D eigenvalue weighted by atomic mass is 9.88. The molecule has 24 heavy (non-hydrogen) atoms. The minimum atomic E-state index is -0.792. The van der Waals surface area contributed by atoms with Gasteiger partial charge in [0.1, 0.15) is 6.04 Å². The lowest BCUT2D eigenvalue weighted by Gasteiger charge is -2.22. The van der Waals surface area contributed by atoms with E-state index in [1.54, 1.807) is 6.92 Å². The molecule has 0 aliphatic heterocycles. The van der Waals surface area contributed by atoms with Crippen molar-refractivity contribution in [3.63, 3.8) is 0 Å². The van der Waals surface area contributed by atoms with Gasteiger partial charge in [0.25, 0.3) is 0 Å². The van der Waals surface area contributed by atoms with Crippen molar-refractivity contribution < 1.29 is 28.7 Å². The smallest absolute Gasteiger partial charge is 0.332 e. The number of carbonyl (C=O) groups is 4. The summed E-state index contributed by atoms with van der Waals surface area (Å²) in [5, 5.41) is 5.05. The van der Waals surface area contributed by atoms with Gasteiger partial charge < -0.3 is 20.1 Å². The maximum absolute atomic E-state index is 12.0. The third-order valence-electron chi connectivity index (χ3n) is 3.75. The quantitative estimate of drug-likeness (QED) is 0.395. The predicted octanol–water partition coefficient (Wildman–Crippen LogP) is 0.417. The molecule has 1 rings (SSSR count). The Balaban J connectivity index is 2.26. The summed E-state index contributed by atoms with van der Waals surface area (Å²) in [6.07, 6.45) is 6.73. The minimum Gasteiger partial charge on any atom is -0.466 e. The largest absolute Gasteiger partial charge is 0.466 e. The van der Waals surface area contributed by atoms with Gasteiger partial charge in [0.05, 0.1) is 7.11 Å². The average molecular weight is 340 g/mol. The highest BCUT2D eigenvalue weighted by Gasteiger charge is 2.24. The fraction of sp³-hybridized carbons (Fsp3) is 0.625.